The van der Waals surface area contributed by atoms with Gasteiger partial charge in [0.25, 0.3) is 16.1 Å². The van der Waals surface area contributed by atoms with E-state index in [9.17, 15) is 30.4 Å². The Morgan fingerprint density at radius 2 is 1.69 bits per heavy atom. The van der Waals surface area contributed by atoms with Crippen molar-refractivity contribution in [2.24, 2.45) is 0 Å². The molecular weight excluding hydrogens is 534 g/mol. The lowest BCUT2D eigenvalue weighted by Gasteiger charge is -2.39. The minimum atomic E-state index is -4.72. The van der Waals surface area contributed by atoms with Crippen LogP contribution in [0, 0.1) is 11.6 Å². The summed E-state index contributed by atoms with van der Waals surface area (Å²) in [7, 11) is -6.25. The molecule has 0 saturated carbocycles. The average molecular weight is 555 g/mol. The van der Waals surface area contributed by atoms with Gasteiger partial charge in [-0.2, -0.15) is 21.3 Å². The number of ether oxygens (including phenoxy) is 1. The number of nitrogens with zero attached hydrogens (tertiary/aromatic N) is 3. The summed E-state index contributed by atoms with van der Waals surface area (Å²) in [5.41, 5.74) is 1.29. The maximum atomic E-state index is 14.7. The van der Waals surface area contributed by atoms with Crippen molar-refractivity contribution in [2.45, 2.75) is 10.9 Å². The summed E-state index contributed by atoms with van der Waals surface area (Å²) >= 11 is 5.76. The van der Waals surface area contributed by atoms with Crippen LogP contribution in [0.4, 0.5) is 8.78 Å². The van der Waals surface area contributed by atoms with Gasteiger partial charge < -0.3 is 4.74 Å². The Kier molecular flexibility index (Phi) is 8.00. The molecular formula is C19H21ClF2N4O7S2. The molecule has 3 rings (SSSR count). The van der Waals surface area contributed by atoms with Gasteiger partial charge in [-0.3, -0.25) is 10.0 Å². The highest BCUT2D eigenvalue weighted by Gasteiger charge is 2.44. The highest BCUT2D eigenvalue weighted by molar-refractivity contribution is 7.89. The van der Waals surface area contributed by atoms with Crippen LogP contribution in [0.25, 0.3) is 0 Å². The van der Waals surface area contributed by atoms with Crippen molar-refractivity contribution >= 4 is 37.7 Å². The largest absolute Gasteiger partial charge is 0.451 e. The van der Waals surface area contributed by atoms with Crippen LogP contribution >= 0.6 is 11.6 Å². The van der Waals surface area contributed by atoms with E-state index in [1.54, 1.807) is 0 Å². The smallest absolute Gasteiger partial charge is 0.281 e. The van der Waals surface area contributed by atoms with E-state index in [1.807, 2.05) is 0 Å². The van der Waals surface area contributed by atoms with E-state index in [-0.39, 0.29) is 12.3 Å². The molecule has 0 unspecified atom stereocenters. The zero-order valence-corrected chi connectivity index (χ0v) is 20.7. The lowest BCUT2D eigenvalue weighted by atomic mass is 10.2. The molecule has 1 aliphatic rings. The predicted molar refractivity (Wildman–Crippen MR) is 120 cm³/mol. The van der Waals surface area contributed by atoms with Crippen molar-refractivity contribution in [1.82, 2.24) is 18.4 Å². The predicted octanol–water partition coefficient (Wildman–Crippen LogP) is 1.40. The van der Waals surface area contributed by atoms with E-state index in [2.05, 4.69) is 0 Å². The third kappa shape index (κ3) is 5.55. The van der Waals surface area contributed by atoms with Crippen molar-refractivity contribution in [3.63, 3.8) is 0 Å². The Bertz CT molecular complexity index is 1300. The molecule has 16 heteroatoms. The number of amides is 1. The summed E-state index contributed by atoms with van der Waals surface area (Å²) in [6.45, 7) is -1.52. The van der Waals surface area contributed by atoms with Crippen LogP contribution in [0.1, 0.15) is 0 Å². The van der Waals surface area contributed by atoms with Crippen LogP contribution in [0.2, 0.25) is 5.02 Å². The number of carbonyl (C=O) groups excluding carboxylic acids is 1. The molecule has 35 heavy (non-hydrogen) atoms. The molecule has 2 aromatic rings. The molecule has 1 atom stereocenters. The van der Waals surface area contributed by atoms with Gasteiger partial charge in [-0.15, -0.1) is 0 Å². The average Bonchev–Trinajstić information content (AvgIpc) is 2.81. The van der Waals surface area contributed by atoms with Gasteiger partial charge in [0.05, 0.1) is 4.90 Å². The highest BCUT2D eigenvalue weighted by atomic mass is 35.5. The third-order valence-electron chi connectivity index (χ3n) is 5.11. The van der Waals surface area contributed by atoms with Crippen molar-refractivity contribution in [2.75, 3.05) is 33.7 Å². The number of benzene rings is 2. The van der Waals surface area contributed by atoms with Crippen molar-refractivity contribution in [1.29, 1.82) is 0 Å². The number of hydrogen-bond acceptors (Lipinski definition) is 7. The molecule has 0 radical (unpaired) electrons. The van der Waals surface area contributed by atoms with E-state index in [0.717, 1.165) is 8.61 Å². The second-order valence-electron chi connectivity index (χ2n) is 7.53. The first-order chi connectivity index (χ1) is 16.3. The van der Waals surface area contributed by atoms with Gasteiger partial charge in [-0.25, -0.2) is 22.7 Å². The number of hydroxylamine groups is 1. The summed E-state index contributed by atoms with van der Waals surface area (Å²) < 4.78 is 88.2. The van der Waals surface area contributed by atoms with Crippen molar-refractivity contribution < 1.29 is 40.4 Å². The van der Waals surface area contributed by atoms with E-state index in [0.29, 0.717) is 21.5 Å². The summed E-state index contributed by atoms with van der Waals surface area (Å²) in [6.07, 6.45) is 0. The second kappa shape index (κ2) is 10.3. The first-order valence-electron chi connectivity index (χ1n) is 9.85. The van der Waals surface area contributed by atoms with E-state index < -0.39 is 67.6 Å². The van der Waals surface area contributed by atoms with E-state index in [1.165, 1.54) is 43.8 Å². The maximum Gasteiger partial charge on any atom is 0.281 e. The van der Waals surface area contributed by atoms with Crippen molar-refractivity contribution in [3.05, 3.63) is 53.1 Å². The molecule has 0 spiro atoms. The first-order valence-corrected chi connectivity index (χ1v) is 13.1. The Morgan fingerprint density at radius 3 is 2.20 bits per heavy atom. The number of nitrogens with one attached hydrogen (secondary N) is 1. The van der Waals surface area contributed by atoms with Gasteiger partial charge in [0.2, 0.25) is 10.0 Å². The van der Waals surface area contributed by atoms with Crippen LogP contribution < -0.4 is 10.2 Å². The van der Waals surface area contributed by atoms with Gasteiger partial charge in [0.15, 0.2) is 17.4 Å². The highest BCUT2D eigenvalue weighted by Crippen LogP contribution is 2.32. The number of carbonyl (C=O) groups is 1. The lowest BCUT2D eigenvalue weighted by Crippen LogP contribution is -2.62. The summed E-state index contributed by atoms with van der Waals surface area (Å²) in [5, 5.41) is 9.44. The van der Waals surface area contributed by atoms with Gasteiger partial charge in [-0.05, 0) is 36.4 Å². The Balaban J connectivity index is 1.95. The molecule has 1 saturated heterocycles. The Morgan fingerprint density at radius 1 is 1.11 bits per heavy atom. The fourth-order valence-electron chi connectivity index (χ4n) is 3.30. The van der Waals surface area contributed by atoms with Crippen LogP contribution in [-0.4, -0.2) is 80.6 Å². The van der Waals surface area contributed by atoms with Gasteiger partial charge >= 0.3 is 0 Å². The topological polar surface area (TPSA) is 137 Å². The van der Waals surface area contributed by atoms with E-state index >= 15 is 0 Å². The lowest BCUT2D eigenvalue weighted by molar-refractivity contribution is -0.134. The van der Waals surface area contributed by atoms with Gasteiger partial charge in [-0.1, -0.05) is 11.6 Å². The molecule has 1 fully saturated rings. The minimum Gasteiger partial charge on any atom is -0.451 e. The molecule has 1 amide bonds. The second-order valence-corrected chi connectivity index (χ2v) is 12.0. The monoisotopic (exact) mass is 554 g/mol. The number of halogens is 3. The number of piperazine rings is 1. The standard InChI is InChI=1S/C19H21ClF2N4O7S2/c1-24(2)35(31,32)25-7-8-26(17(11-25)19(27)23-28)34(29,30)14-9-15(21)18(16(22)10-14)33-13-5-3-12(20)4-6-13/h3-6,9-10,17,28H,7-8,11H2,1-2H3,(H,23,27)/t17-/m0/s1. The van der Waals surface area contributed by atoms with Crippen LogP contribution in [0.15, 0.2) is 41.3 Å². The van der Waals surface area contributed by atoms with Crippen LogP contribution in [0.3, 0.4) is 0 Å². The number of sulfonamides is 1. The fourth-order valence-corrected chi connectivity index (χ4v) is 6.12. The Hall–Kier alpha value is -2.40. The molecule has 1 heterocycles. The maximum absolute atomic E-state index is 14.7. The summed E-state index contributed by atoms with van der Waals surface area (Å²) in [6, 6.07) is 4.86. The van der Waals surface area contributed by atoms with Crippen molar-refractivity contribution in [3.8, 4) is 11.5 Å². The van der Waals surface area contributed by atoms with E-state index in [4.69, 9.17) is 21.5 Å². The molecule has 2 N–H and O–H groups in total. The van der Waals surface area contributed by atoms with Gasteiger partial charge in [0, 0.05) is 38.8 Å². The SMILES string of the molecule is CN(C)S(=O)(=O)N1CCN(S(=O)(=O)c2cc(F)c(Oc3ccc(Cl)cc3)c(F)c2)[C@H](C(=O)NO)C1. The van der Waals surface area contributed by atoms with Gasteiger partial charge in [0.1, 0.15) is 11.8 Å². The first kappa shape index (κ1) is 27.2. The minimum absolute atomic E-state index is 0.0423. The number of hydrogen-bond donors (Lipinski definition) is 2. The van der Waals surface area contributed by atoms with Crippen LogP contribution in [-0.2, 0) is 25.0 Å². The van der Waals surface area contributed by atoms with Crippen LogP contribution in [0.5, 0.6) is 11.5 Å². The molecule has 2 aromatic carbocycles. The third-order valence-corrected chi connectivity index (χ3v) is 9.15. The molecule has 0 aromatic heterocycles. The quantitative estimate of drug-likeness (QED) is 0.390. The zero-order valence-electron chi connectivity index (χ0n) is 18.4. The molecule has 1 aliphatic heterocycles. The fraction of sp³-hybridized carbons (Fsp3) is 0.316. The normalized spacial score (nSPS) is 18.0. The molecule has 192 valence electrons. The number of rotatable bonds is 7. The molecule has 11 nitrogen and oxygen atoms in total. The molecule has 0 bridgehead atoms. The summed E-state index contributed by atoms with van der Waals surface area (Å²) in [4.78, 5) is 11.4. The summed E-state index contributed by atoms with van der Waals surface area (Å²) in [5.74, 6) is -4.72. The Labute approximate surface area is 205 Å². The molecule has 0 aliphatic carbocycles. The zero-order chi connectivity index (χ0) is 26.1.